The van der Waals surface area contributed by atoms with Gasteiger partial charge in [-0.3, -0.25) is 14.4 Å². The van der Waals surface area contributed by atoms with E-state index in [0.717, 1.165) is 12.2 Å². The number of primary amides is 1. The fourth-order valence-electron chi connectivity index (χ4n) is 4.15. The highest BCUT2D eigenvalue weighted by Crippen LogP contribution is 2.41. The summed E-state index contributed by atoms with van der Waals surface area (Å²) in [7, 11) is -3.92. The largest absolute Gasteiger partial charge is 0.412 e. The first-order valence-corrected chi connectivity index (χ1v) is 12.5. The summed E-state index contributed by atoms with van der Waals surface area (Å²) in [5.74, 6) is -2.28. The first-order chi connectivity index (χ1) is 16.7. The summed E-state index contributed by atoms with van der Waals surface area (Å²) in [5, 5.41) is 13.6. The Labute approximate surface area is 205 Å². The monoisotopic (exact) mass is 529 g/mol. The minimum atomic E-state index is -4.67. The maximum Gasteiger partial charge on any atom is 0.412 e. The van der Waals surface area contributed by atoms with E-state index < -0.39 is 69.8 Å². The van der Waals surface area contributed by atoms with Crippen LogP contribution in [-0.2, 0) is 19.6 Å². The fraction of sp³-hybridized carbons (Fsp3) is 0.409. The van der Waals surface area contributed by atoms with Crippen molar-refractivity contribution >= 4 is 27.7 Å². The van der Waals surface area contributed by atoms with Crippen molar-refractivity contribution < 1.29 is 36.0 Å². The Balaban J connectivity index is 1.68. The number of amides is 3. The van der Waals surface area contributed by atoms with Gasteiger partial charge in [-0.25, -0.2) is 13.6 Å². The molecule has 0 saturated carbocycles. The van der Waals surface area contributed by atoms with Crippen LogP contribution in [0.3, 0.4) is 0 Å². The van der Waals surface area contributed by atoms with Crippen molar-refractivity contribution in [2.45, 2.75) is 42.4 Å². The molecule has 3 atom stereocenters. The highest BCUT2D eigenvalue weighted by Gasteiger charge is 2.45. The van der Waals surface area contributed by atoms with Gasteiger partial charge in [0.2, 0.25) is 21.8 Å². The third kappa shape index (κ3) is 6.50. The second kappa shape index (κ2) is 10.4. The Hall–Kier alpha value is -3.23. The molecule has 3 rings (SSSR count). The van der Waals surface area contributed by atoms with E-state index in [2.05, 4.69) is 16.0 Å². The number of rotatable bonds is 7. The molecule has 1 aliphatic carbocycles. The van der Waals surface area contributed by atoms with Gasteiger partial charge in [0.1, 0.15) is 0 Å². The number of nitrogens with one attached hydrogen (secondary N) is 3. The zero-order valence-electron chi connectivity index (χ0n) is 19.0. The molecule has 7 N–H and O–H groups in total. The van der Waals surface area contributed by atoms with E-state index in [1.807, 2.05) is 0 Å². The first kappa shape index (κ1) is 27.4. The number of alkyl halides is 3. The molecule has 3 amide bonds. The van der Waals surface area contributed by atoms with Gasteiger partial charge in [0.15, 0.2) is 0 Å². The molecule has 1 aliphatic heterocycles. The SMILES string of the molecule is NC(=O)C1(CC(=O)N[C@H]2CCNC[C@H]2NC(=O)c2ccc(S(N)(=O)=O)cc2)C=CC=C(C(F)(F)F)C1. The topological polar surface area (TPSA) is 173 Å². The average Bonchev–Trinajstić information content (AvgIpc) is 2.79. The smallest absolute Gasteiger partial charge is 0.369 e. The highest BCUT2D eigenvalue weighted by atomic mass is 32.2. The molecule has 0 bridgehead atoms. The van der Waals surface area contributed by atoms with E-state index in [0.29, 0.717) is 13.0 Å². The first-order valence-electron chi connectivity index (χ1n) is 10.9. The quantitative estimate of drug-likeness (QED) is 0.338. The normalized spacial score (nSPS) is 24.5. The number of benzene rings is 1. The second-order valence-corrected chi connectivity index (χ2v) is 10.3. The standard InChI is InChI=1S/C22H26F3N5O5S/c23-22(24,25)14-2-1-8-21(10-14,20(26)33)11-18(31)29-16-7-9-28-12-17(16)30-19(32)13-3-5-15(6-4-13)36(27,34)35/h1-6,8,16-17,28H,7,9-12H2,(H2,26,33)(H,29,31)(H,30,32)(H2,27,34,35)/t16-,17+,21?/m0/s1. The molecule has 14 heteroatoms. The van der Waals surface area contributed by atoms with Gasteiger partial charge in [-0.2, -0.15) is 13.2 Å². The van der Waals surface area contributed by atoms with E-state index in [1.165, 1.54) is 30.3 Å². The van der Waals surface area contributed by atoms with Crippen molar-refractivity contribution in [3.8, 4) is 0 Å². The van der Waals surface area contributed by atoms with Crippen LogP contribution >= 0.6 is 0 Å². The third-order valence-electron chi connectivity index (χ3n) is 6.14. The fourth-order valence-corrected chi connectivity index (χ4v) is 4.67. The number of nitrogens with two attached hydrogens (primary N) is 2. The predicted octanol–water partition coefficient (Wildman–Crippen LogP) is 0.221. The number of primary sulfonamides is 1. The molecule has 196 valence electrons. The van der Waals surface area contributed by atoms with Gasteiger partial charge in [0, 0.05) is 24.1 Å². The van der Waals surface area contributed by atoms with Crippen LogP contribution in [0, 0.1) is 5.41 Å². The summed E-state index contributed by atoms with van der Waals surface area (Å²) in [6, 6.07) is 3.78. The van der Waals surface area contributed by atoms with Crippen molar-refractivity contribution in [2.75, 3.05) is 13.1 Å². The lowest BCUT2D eigenvalue weighted by Crippen LogP contribution is -2.60. The zero-order chi connectivity index (χ0) is 26.7. The molecular weight excluding hydrogens is 503 g/mol. The molecular formula is C22H26F3N5O5S. The number of carbonyl (C=O) groups excluding carboxylic acids is 3. The highest BCUT2D eigenvalue weighted by molar-refractivity contribution is 7.89. The molecule has 1 aromatic rings. The van der Waals surface area contributed by atoms with Crippen LogP contribution in [-0.4, -0.2) is 57.5 Å². The predicted molar refractivity (Wildman–Crippen MR) is 123 cm³/mol. The van der Waals surface area contributed by atoms with E-state index in [-0.39, 0.29) is 17.0 Å². The summed E-state index contributed by atoms with van der Waals surface area (Å²) in [6.07, 6.45) is -2.50. The van der Waals surface area contributed by atoms with Crippen LogP contribution in [0.2, 0.25) is 0 Å². The summed E-state index contributed by atoms with van der Waals surface area (Å²) in [4.78, 5) is 37.5. The maximum atomic E-state index is 13.2. The van der Waals surface area contributed by atoms with Crippen LogP contribution in [0.25, 0.3) is 0 Å². The Morgan fingerprint density at radius 3 is 2.36 bits per heavy atom. The lowest BCUT2D eigenvalue weighted by atomic mass is 9.74. The summed E-state index contributed by atoms with van der Waals surface area (Å²) < 4.78 is 62.4. The molecule has 1 aromatic carbocycles. The van der Waals surface area contributed by atoms with Crippen molar-refractivity contribution in [3.63, 3.8) is 0 Å². The van der Waals surface area contributed by atoms with Crippen LogP contribution in [0.5, 0.6) is 0 Å². The number of hydrogen-bond acceptors (Lipinski definition) is 6. The van der Waals surface area contributed by atoms with Crippen molar-refractivity contribution in [1.29, 1.82) is 0 Å². The maximum absolute atomic E-state index is 13.2. The van der Waals surface area contributed by atoms with Crippen molar-refractivity contribution in [3.05, 3.63) is 53.6 Å². The molecule has 0 radical (unpaired) electrons. The van der Waals surface area contributed by atoms with Crippen LogP contribution in [0.15, 0.2) is 53.0 Å². The van der Waals surface area contributed by atoms with E-state index in [9.17, 15) is 36.0 Å². The lowest BCUT2D eigenvalue weighted by molar-refractivity contribution is -0.134. The van der Waals surface area contributed by atoms with Crippen molar-refractivity contribution in [2.24, 2.45) is 16.3 Å². The molecule has 36 heavy (non-hydrogen) atoms. The van der Waals surface area contributed by atoms with Gasteiger partial charge in [0.05, 0.1) is 22.4 Å². The Morgan fingerprint density at radius 1 is 1.11 bits per heavy atom. The molecule has 0 spiro atoms. The molecule has 1 fully saturated rings. The Morgan fingerprint density at radius 2 is 1.78 bits per heavy atom. The zero-order valence-corrected chi connectivity index (χ0v) is 19.8. The molecule has 2 aliphatic rings. The average molecular weight is 530 g/mol. The summed E-state index contributed by atoms with van der Waals surface area (Å²) in [5.41, 5.74) is 2.77. The van der Waals surface area contributed by atoms with E-state index in [4.69, 9.17) is 10.9 Å². The van der Waals surface area contributed by atoms with Crippen molar-refractivity contribution in [1.82, 2.24) is 16.0 Å². The van der Waals surface area contributed by atoms with Gasteiger partial charge in [-0.05, 0) is 43.7 Å². The molecule has 1 heterocycles. The number of halogens is 3. The number of allylic oxidation sites excluding steroid dienone is 3. The van der Waals surface area contributed by atoms with Gasteiger partial charge < -0.3 is 21.7 Å². The molecule has 1 unspecified atom stereocenters. The minimum Gasteiger partial charge on any atom is -0.369 e. The molecule has 0 aromatic heterocycles. The Kier molecular flexibility index (Phi) is 7.91. The van der Waals surface area contributed by atoms with Crippen LogP contribution < -0.4 is 26.8 Å². The summed E-state index contributed by atoms with van der Waals surface area (Å²) >= 11 is 0. The third-order valence-corrected chi connectivity index (χ3v) is 7.07. The summed E-state index contributed by atoms with van der Waals surface area (Å²) in [6.45, 7) is 0.788. The van der Waals surface area contributed by atoms with E-state index >= 15 is 0 Å². The Bertz CT molecular complexity index is 1200. The van der Waals surface area contributed by atoms with E-state index in [1.54, 1.807) is 0 Å². The van der Waals surface area contributed by atoms with Gasteiger partial charge in [-0.15, -0.1) is 0 Å². The number of sulfonamides is 1. The second-order valence-electron chi connectivity index (χ2n) is 8.74. The minimum absolute atomic E-state index is 0.157. The number of hydrogen-bond donors (Lipinski definition) is 5. The van der Waals surface area contributed by atoms with Crippen LogP contribution in [0.1, 0.15) is 29.6 Å². The molecule has 10 nitrogen and oxygen atoms in total. The van der Waals surface area contributed by atoms with Gasteiger partial charge in [-0.1, -0.05) is 18.2 Å². The van der Waals surface area contributed by atoms with Gasteiger partial charge in [0.25, 0.3) is 5.91 Å². The van der Waals surface area contributed by atoms with Crippen LogP contribution in [0.4, 0.5) is 13.2 Å². The number of piperidine rings is 1. The number of carbonyl (C=O) groups is 3. The lowest BCUT2D eigenvalue weighted by Gasteiger charge is -2.35. The molecule has 1 saturated heterocycles. The van der Waals surface area contributed by atoms with Gasteiger partial charge >= 0.3 is 6.18 Å².